The fourth-order valence-corrected chi connectivity index (χ4v) is 1.73. The van der Waals surface area contributed by atoms with E-state index in [1.807, 2.05) is 0 Å². The summed E-state index contributed by atoms with van der Waals surface area (Å²) in [5.74, 6) is -2.03. The van der Waals surface area contributed by atoms with Crippen molar-refractivity contribution in [2.24, 2.45) is 0 Å². The van der Waals surface area contributed by atoms with E-state index in [1.54, 1.807) is 18.2 Å². The number of carbonyl (C=O) groups excluding carboxylic acids is 1. The van der Waals surface area contributed by atoms with Gasteiger partial charge in [-0.05, 0) is 6.07 Å². The number of esters is 1. The first-order valence-electron chi connectivity index (χ1n) is 3.80. The molecule has 13 heavy (non-hydrogen) atoms. The predicted octanol–water partition coefficient (Wildman–Crippen LogP) is 1.31. The zero-order valence-corrected chi connectivity index (χ0v) is 7.84. The van der Waals surface area contributed by atoms with Crippen molar-refractivity contribution in [3.8, 4) is 0 Å². The number of aliphatic hydroxyl groups is 1. The Bertz CT molecular complexity index is 384. The molecule has 0 amide bonds. The third kappa shape index (κ3) is 1.14. The smallest absolute Gasteiger partial charge is 0.342 e. The lowest BCUT2D eigenvalue weighted by Gasteiger charge is -2.15. The second kappa shape index (κ2) is 2.49. The van der Waals surface area contributed by atoms with E-state index in [0.29, 0.717) is 16.0 Å². The molecule has 1 aromatic carbocycles. The van der Waals surface area contributed by atoms with Crippen molar-refractivity contribution >= 4 is 18.6 Å². The van der Waals surface area contributed by atoms with Crippen LogP contribution in [0.4, 0.5) is 0 Å². The molecule has 2 rings (SSSR count). The third-order valence-corrected chi connectivity index (χ3v) is 2.41. The van der Waals surface area contributed by atoms with Gasteiger partial charge in [0, 0.05) is 17.4 Å². The first kappa shape index (κ1) is 8.59. The van der Waals surface area contributed by atoms with E-state index in [2.05, 4.69) is 12.6 Å². The van der Waals surface area contributed by atoms with E-state index in [1.165, 1.54) is 6.92 Å². The molecule has 1 N–H and O–H groups in total. The highest BCUT2D eigenvalue weighted by atomic mass is 32.1. The molecule has 4 heteroatoms. The lowest BCUT2D eigenvalue weighted by atomic mass is 10.0. The average Bonchev–Trinajstić information content (AvgIpc) is 2.24. The maximum absolute atomic E-state index is 11.3. The Morgan fingerprint density at radius 2 is 2.23 bits per heavy atom. The minimum absolute atomic E-state index is 0.357. The largest absolute Gasteiger partial charge is 0.425 e. The van der Waals surface area contributed by atoms with Gasteiger partial charge in [-0.1, -0.05) is 12.1 Å². The molecule has 68 valence electrons. The maximum atomic E-state index is 11.3. The molecule has 0 saturated heterocycles. The molecular weight excluding hydrogens is 188 g/mol. The molecule has 0 saturated carbocycles. The monoisotopic (exact) mass is 196 g/mol. The highest BCUT2D eigenvalue weighted by Gasteiger charge is 2.40. The number of rotatable bonds is 0. The van der Waals surface area contributed by atoms with Gasteiger partial charge in [0.1, 0.15) is 0 Å². The molecule has 1 aromatic rings. The Kier molecular flexibility index (Phi) is 1.65. The van der Waals surface area contributed by atoms with Crippen LogP contribution in [0.5, 0.6) is 0 Å². The average molecular weight is 196 g/mol. The van der Waals surface area contributed by atoms with Gasteiger partial charge in [0.25, 0.3) is 0 Å². The quantitative estimate of drug-likeness (QED) is 0.486. The summed E-state index contributed by atoms with van der Waals surface area (Å²) in [5.41, 5.74) is 0.834. The van der Waals surface area contributed by atoms with Crippen LogP contribution in [-0.2, 0) is 10.5 Å². The molecule has 3 nitrogen and oxygen atoms in total. The molecule has 1 atom stereocenters. The number of hydrogen-bond acceptors (Lipinski definition) is 4. The second-order valence-corrected chi connectivity index (χ2v) is 3.55. The molecule has 1 heterocycles. The van der Waals surface area contributed by atoms with Gasteiger partial charge in [-0.3, -0.25) is 0 Å². The predicted molar refractivity (Wildman–Crippen MR) is 48.7 cm³/mol. The zero-order chi connectivity index (χ0) is 9.64. The van der Waals surface area contributed by atoms with Gasteiger partial charge in [-0.25, -0.2) is 4.79 Å². The van der Waals surface area contributed by atoms with Crippen LogP contribution in [0.25, 0.3) is 0 Å². The molecule has 0 radical (unpaired) electrons. The van der Waals surface area contributed by atoms with Crippen molar-refractivity contribution in [3.63, 3.8) is 0 Å². The van der Waals surface area contributed by atoms with Gasteiger partial charge >= 0.3 is 5.97 Å². The number of fused-ring (bicyclic) bond motifs is 1. The molecule has 1 aliphatic rings. The number of benzene rings is 1. The van der Waals surface area contributed by atoms with Crippen LogP contribution in [0.15, 0.2) is 23.1 Å². The first-order chi connectivity index (χ1) is 6.02. The molecular formula is C9H8O3S. The summed E-state index contributed by atoms with van der Waals surface area (Å²) >= 11 is 4.11. The van der Waals surface area contributed by atoms with Crippen LogP contribution >= 0.6 is 12.6 Å². The Morgan fingerprint density at radius 1 is 1.54 bits per heavy atom. The lowest BCUT2D eigenvalue weighted by molar-refractivity contribution is -0.147. The number of cyclic esters (lactones) is 1. The van der Waals surface area contributed by atoms with Gasteiger partial charge in [-0.2, -0.15) is 0 Å². The van der Waals surface area contributed by atoms with Crippen molar-refractivity contribution in [2.45, 2.75) is 17.6 Å². The highest BCUT2D eigenvalue weighted by Crippen LogP contribution is 2.36. The summed E-state index contributed by atoms with van der Waals surface area (Å²) in [6.07, 6.45) is 0. The standard InChI is InChI=1S/C9H8O3S/c1-9(11)5-3-2-4-6(13)7(5)8(10)12-9/h2-4,11,13H,1H3. The minimum Gasteiger partial charge on any atom is -0.425 e. The Balaban J connectivity index is 2.72. The highest BCUT2D eigenvalue weighted by molar-refractivity contribution is 7.80. The molecule has 1 unspecified atom stereocenters. The summed E-state index contributed by atoms with van der Waals surface area (Å²) in [7, 11) is 0. The van der Waals surface area contributed by atoms with Crippen molar-refractivity contribution < 1.29 is 14.6 Å². The molecule has 0 aliphatic carbocycles. The minimum atomic E-state index is -1.51. The van der Waals surface area contributed by atoms with Crippen LogP contribution in [0.3, 0.4) is 0 Å². The number of hydrogen-bond donors (Lipinski definition) is 2. The van der Waals surface area contributed by atoms with Crippen molar-refractivity contribution in [1.29, 1.82) is 0 Å². The first-order valence-corrected chi connectivity index (χ1v) is 4.25. The fraction of sp³-hybridized carbons (Fsp3) is 0.222. The van der Waals surface area contributed by atoms with Crippen LogP contribution < -0.4 is 0 Å². The van der Waals surface area contributed by atoms with E-state index >= 15 is 0 Å². The molecule has 1 aliphatic heterocycles. The van der Waals surface area contributed by atoms with E-state index in [0.717, 1.165) is 0 Å². The Morgan fingerprint density at radius 3 is 2.85 bits per heavy atom. The fourth-order valence-electron chi connectivity index (χ4n) is 1.43. The van der Waals surface area contributed by atoms with Gasteiger partial charge < -0.3 is 9.84 Å². The molecule has 0 fully saturated rings. The van der Waals surface area contributed by atoms with Crippen LogP contribution in [0, 0.1) is 0 Å². The maximum Gasteiger partial charge on any atom is 0.342 e. The summed E-state index contributed by atoms with van der Waals surface area (Å²) in [6, 6.07) is 5.06. The van der Waals surface area contributed by atoms with Crippen LogP contribution in [-0.4, -0.2) is 11.1 Å². The Labute approximate surface area is 80.7 Å². The van der Waals surface area contributed by atoms with Crippen molar-refractivity contribution in [2.75, 3.05) is 0 Å². The molecule has 0 aromatic heterocycles. The van der Waals surface area contributed by atoms with Gasteiger partial charge in [0.2, 0.25) is 5.79 Å². The van der Waals surface area contributed by atoms with E-state index in [9.17, 15) is 9.90 Å². The van der Waals surface area contributed by atoms with Crippen molar-refractivity contribution in [3.05, 3.63) is 29.3 Å². The van der Waals surface area contributed by atoms with Crippen LogP contribution in [0.2, 0.25) is 0 Å². The lowest BCUT2D eigenvalue weighted by Crippen LogP contribution is -2.20. The third-order valence-electron chi connectivity index (χ3n) is 2.04. The normalized spacial score (nSPS) is 25.6. The summed E-state index contributed by atoms with van der Waals surface area (Å²) in [6.45, 7) is 1.43. The summed E-state index contributed by atoms with van der Waals surface area (Å²) in [5, 5.41) is 9.66. The van der Waals surface area contributed by atoms with Gasteiger partial charge in [0.15, 0.2) is 0 Å². The molecule has 0 spiro atoms. The van der Waals surface area contributed by atoms with E-state index in [-0.39, 0.29) is 0 Å². The zero-order valence-electron chi connectivity index (χ0n) is 6.94. The topological polar surface area (TPSA) is 46.5 Å². The summed E-state index contributed by atoms with van der Waals surface area (Å²) < 4.78 is 4.77. The Hall–Kier alpha value is -1.00. The number of ether oxygens (including phenoxy) is 1. The second-order valence-electron chi connectivity index (χ2n) is 3.07. The summed E-state index contributed by atoms with van der Waals surface area (Å²) in [4.78, 5) is 11.8. The van der Waals surface area contributed by atoms with E-state index in [4.69, 9.17) is 4.74 Å². The number of thiol groups is 1. The SMILES string of the molecule is CC1(O)OC(=O)c2c(S)cccc21. The number of carbonyl (C=O) groups is 1. The van der Waals surface area contributed by atoms with Crippen LogP contribution in [0.1, 0.15) is 22.8 Å². The van der Waals surface area contributed by atoms with E-state index < -0.39 is 11.8 Å². The van der Waals surface area contributed by atoms with Gasteiger partial charge in [-0.15, -0.1) is 12.6 Å². The van der Waals surface area contributed by atoms with Gasteiger partial charge in [0.05, 0.1) is 5.56 Å². The molecule has 0 bridgehead atoms. The van der Waals surface area contributed by atoms with Crippen molar-refractivity contribution in [1.82, 2.24) is 0 Å².